The molecule has 0 aromatic heterocycles. The Morgan fingerprint density at radius 1 is 1.03 bits per heavy atom. The van der Waals surface area contributed by atoms with Crippen molar-refractivity contribution in [3.63, 3.8) is 0 Å². The maximum absolute atomic E-state index is 11.7. The van der Waals surface area contributed by atoms with Gasteiger partial charge in [-0.1, -0.05) is 30.3 Å². The quantitative estimate of drug-likeness (QED) is 0.211. The van der Waals surface area contributed by atoms with E-state index in [4.69, 9.17) is 0 Å². The summed E-state index contributed by atoms with van der Waals surface area (Å²) in [7, 11) is 5.52. The van der Waals surface area contributed by atoms with Crippen LogP contribution in [0.3, 0.4) is 0 Å². The van der Waals surface area contributed by atoms with Gasteiger partial charge in [0.1, 0.15) is 0 Å². The van der Waals surface area contributed by atoms with Crippen molar-refractivity contribution >= 4 is 41.5 Å². The zero-order valence-corrected chi connectivity index (χ0v) is 19.8. The third-order valence-corrected chi connectivity index (χ3v) is 4.51. The maximum atomic E-state index is 11.7. The van der Waals surface area contributed by atoms with Crippen LogP contribution in [-0.2, 0) is 6.42 Å². The second-order valence-corrected chi connectivity index (χ2v) is 6.57. The number of carbonyl (C=O) groups excluding carboxylic acids is 1. The lowest BCUT2D eigenvalue weighted by atomic mass is 10.1. The van der Waals surface area contributed by atoms with Gasteiger partial charge < -0.3 is 20.9 Å². The number of aliphatic imine (C=N–C) groups is 1. The number of halogens is 1. The van der Waals surface area contributed by atoms with Gasteiger partial charge in [0.05, 0.1) is 0 Å². The van der Waals surface area contributed by atoms with E-state index >= 15 is 0 Å². The fourth-order valence-corrected chi connectivity index (χ4v) is 2.89. The van der Waals surface area contributed by atoms with Crippen molar-refractivity contribution in [1.82, 2.24) is 16.0 Å². The molecule has 0 saturated heterocycles. The normalized spacial score (nSPS) is 10.7. The summed E-state index contributed by atoms with van der Waals surface area (Å²) in [5.41, 5.74) is 3.03. The van der Waals surface area contributed by atoms with E-state index in [0.717, 1.165) is 44.0 Å². The maximum Gasteiger partial charge on any atom is 0.251 e. The van der Waals surface area contributed by atoms with Gasteiger partial charge in [0.15, 0.2) is 5.96 Å². The Balaban J connectivity index is 0.00000420. The van der Waals surface area contributed by atoms with Gasteiger partial charge in [-0.25, -0.2) is 0 Å². The van der Waals surface area contributed by atoms with Crippen LogP contribution in [0.2, 0.25) is 0 Å². The molecule has 2 rings (SSSR count). The number of nitrogens with zero attached hydrogens (tertiary/aromatic N) is 2. The van der Waals surface area contributed by atoms with E-state index in [1.165, 1.54) is 5.69 Å². The van der Waals surface area contributed by atoms with Crippen molar-refractivity contribution in [2.75, 3.05) is 45.7 Å². The summed E-state index contributed by atoms with van der Waals surface area (Å²) in [6.07, 6.45) is 1.84. The van der Waals surface area contributed by atoms with Gasteiger partial charge in [-0.15, -0.1) is 24.0 Å². The van der Waals surface area contributed by atoms with Crippen LogP contribution in [0.1, 0.15) is 22.3 Å². The summed E-state index contributed by atoms with van der Waals surface area (Å²) in [4.78, 5) is 18.2. The van der Waals surface area contributed by atoms with E-state index in [2.05, 4.69) is 57.2 Å². The second kappa shape index (κ2) is 13.8. The predicted octanol–water partition coefficient (Wildman–Crippen LogP) is 2.90. The molecule has 1 amide bonds. The largest absolute Gasteiger partial charge is 0.375 e. The van der Waals surface area contributed by atoms with Crippen molar-refractivity contribution < 1.29 is 4.79 Å². The Kier molecular flexibility index (Phi) is 11.8. The van der Waals surface area contributed by atoms with E-state index < -0.39 is 0 Å². The number of nitrogens with one attached hydrogen (secondary N) is 3. The van der Waals surface area contributed by atoms with Crippen LogP contribution in [0.5, 0.6) is 0 Å². The molecule has 0 unspecified atom stereocenters. The van der Waals surface area contributed by atoms with Crippen LogP contribution in [0.4, 0.5) is 5.69 Å². The molecule has 0 spiro atoms. The van der Waals surface area contributed by atoms with Crippen molar-refractivity contribution in [2.45, 2.75) is 12.8 Å². The van der Waals surface area contributed by atoms with Crippen LogP contribution in [0.25, 0.3) is 0 Å². The highest BCUT2D eigenvalue weighted by molar-refractivity contribution is 14.0. The van der Waals surface area contributed by atoms with Crippen LogP contribution >= 0.6 is 24.0 Å². The average molecular weight is 509 g/mol. The predicted molar refractivity (Wildman–Crippen MR) is 133 cm³/mol. The lowest BCUT2D eigenvalue weighted by Gasteiger charge is -2.19. The Morgan fingerprint density at radius 3 is 2.45 bits per heavy atom. The average Bonchev–Trinajstić information content (AvgIpc) is 2.75. The van der Waals surface area contributed by atoms with Gasteiger partial charge >= 0.3 is 0 Å². The summed E-state index contributed by atoms with van der Waals surface area (Å²) in [5, 5.41) is 9.33. The molecule has 158 valence electrons. The summed E-state index contributed by atoms with van der Waals surface area (Å²) in [6, 6.07) is 18.1. The number of amides is 1. The third-order valence-electron chi connectivity index (χ3n) is 4.51. The zero-order chi connectivity index (χ0) is 20.2. The van der Waals surface area contributed by atoms with E-state index in [-0.39, 0.29) is 29.9 Å². The molecule has 0 radical (unpaired) electrons. The van der Waals surface area contributed by atoms with Gasteiger partial charge in [0.2, 0.25) is 0 Å². The molecule has 3 N–H and O–H groups in total. The summed E-state index contributed by atoms with van der Waals surface area (Å²) < 4.78 is 0. The van der Waals surface area contributed by atoms with E-state index in [1.54, 1.807) is 14.1 Å². The van der Waals surface area contributed by atoms with Crippen LogP contribution in [0.15, 0.2) is 59.6 Å². The molecule has 0 aliphatic carbocycles. The van der Waals surface area contributed by atoms with E-state index in [0.29, 0.717) is 5.56 Å². The number of hydrogen-bond acceptors (Lipinski definition) is 3. The molecule has 0 atom stereocenters. The number of guanidine groups is 1. The first-order valence-corrected chi connectivity index (χ1v) is 9.65. The third kappa shape index (κ3) is 8.72. The van der Waals surface area contributed by atoms with Crippen molar-refractivity contribution in [2.24, 2.45) is 4.99 Å². The lowest BCUT2D eigenvalue weighted by molar-refractivity contribution is 0.0963. The van der Waals surface area contributed by atoms with Crippen molar-refractivity contribution in [3.05, 3.63) is 65.7 Å². The molecule has 7 heteroatoms. The Morgan fingerprint density at radius 2 is 1.76 bits per heavy atom. The topological polar surface area (TPSA) is 68.8 Å². The highest BCUT2D eigenvalue weighted by Gasteiger charge is 2.04. The summed E-state index contributed by atoms with van der Waals surface area (Å²) >= 11 is 0. The highest BCUT2D eigenvalue weighted by atomic mass is 127. The Hall–Kier alpha value is -2.29. The number of rotatable bonds is 9. The minimum atomic E-state index is -0.0623. The number of hydrogen-bond donors (Lipinski definition) is 3. The molecular formula is C22H32IN5O. The van der Waals surface area contributed by atoms with Gasteiger partial charge in [-0.2, -0.15) is 0 Å². The van der Waals surface area contributed by atoms with Crippen LogP contribution in [0, 0.1) is 0 Å². The molecule has 0 heterocycles. The standard InChI is InChI=1S/C22H31N5O.HI/c1-23-21(28)19-10-7-9-18(17-19)13-15-26-22(24-2)25-14-8-16-27(3)20-11-5-4-6-12-20;/h4-7,9-12,17H,8,13-16H2,1-3H3,(H,23,28)(H2,24,25,26);1H. The summed E-state index contributed by atoms with van der Waals surface area (Å²) in [6.45, 7) is 2.57. The van der Waals surface area contributed by atoms with Gasteiger partial charge in [0.25, 0.3) is 5.91 Å². The molecular weight excluding hydrogens is 477 g/mol. The second-order valence-electron chi connectivity index (χ2n) is 6.57. The molecule has 6 nitrogen and oxygen atoms in total. The van der Waals surface area contributed by atoms with E-state index in [1.807, 2.05) is 30.3 Å². The minimum absolute atomic E-state index is 0. The van der Waals surface area contributed by atoms with Gasteiger partial charge in [0, 0.05) is 52.0 Å². The van der Waals surface area contributed by atoms with Crippen molar-refractivity contribution in [1.29, 1.82) is 0 Å². The Bertz CT molecular complexity index is 767. The van der Waals surface area contributed by atoms with Gasteiger partial charge in [-0.3, -0.25) is 9.79 Å². The first kappa shape index (κ1) is 24.7. The molecule has 0 bridgehead atoms. The van der Waals surface area contributed by atoms with E-state index in [9.17, 15) is 4.79 Å². The van der Waals surface area contributed by atoms with Crippen molar-refractivity contribution in [3.8, 4) is 0 Å². The SMILES string of the molecule is CN=C(NCCCN(C)c1ccccc1)NCCc1cccc(C(=O)NC)c1.I. The highest BCUT2D eigenvalue weighted by Crippen LogP contribution is 2.10. The number of carbonyl (C=O) groups is 1. The molecule has 0 aliphatic heterocycles. The number of benzene rings is 2. The Labute approximate surface area is 191 Å². The molecule has 29 heavy (non-hydrogen) atoms. The first-order valence-electron chi connectivity index (χ1n) is 9.65. The fourth-order valence-electron chi connectivity index (χ4n) is 2.89. The first-order chi connectivity index (χ1) is 13.6. The van der Waals surface area contributed by atoms with Gasteiger partial charge in [-0.05, 0) is 42.7 Å². The van der Waals surface area contributed by atoms with Crippen LogP contribution < -0.4 is 20.9 Å². The minimum Gasteiger partial charge on any atom is -0.375 e. The molecule has 0 fully saturated rings. The summed E-state index contributed by atoms with van der Waals surface area (Å²) in [5.74, 6) is 0.734. The molecule has 0 saturated carbocycles. The smallest absolute Gasteiger partial charge is 0.251 e. The number of para-hydroxylation sites is 1. The molecule has 2 aromatic carbocycles. The monoisotopic (exact) mass is 509 g/mol. The molecule has 0 aliphatic rings. The lowest BCUT2D eigenvalue weighted by Crippen LogP contribution is -2.39. The fraction of sp³-hybridized carbons (Fsp3) is 0.364. The number of anilines is 1. The van der Waals surface area contributed by atoms with Crippen LogP contribution in [-0.4, -0.2) is 52.6 Å². The zero-order valence-electron chi connectivity index (χ0n) is 17.4. The molecule has 2 aromatic rings.